The molecule has 0 bridgehead atoms. The first-order valence-corrected chi connectivity index (χ1v) is 3.85. The highest BCUT2D eigenvalue weighted by Crippen LogP contribution is 2.04. The summed E-state index contributed by atoms with van der Waals surface area (Å²) in [7, 11) is 0. The molecule has 0 aliphatic heterocycles. The number of aromatic nitrogens is 2. The van der Waals surface area contributed by atoms with Crippen molar-refractivity contribution in [1.29, 1.82) is 0 Å². The fraction of sp³-hybridized carbons (Fsp3) is 0.200. The molecule has 0 aliphatic carbocycles. The Hall–Kier alpha value is -0.150. The van der Waals surface area contributed by atoms with Crippen LogP contribution in [0.1, 0.15) is 5.69 Å². The Labute approximate surface area is 66.4 Å². The van der Waals surface area contributed by atoms with Gasteiger partial charge in [0.1, 0.15) is 5.15 Å². The molecule has 1 aromatic heterocycles. The Morgan fingerprint density at radius 1 is 1.56 bits per heavy atom. The third-order valence-corrected chi connectivity index (χ3v) is 1.55. The van der Waals surface area contributed by atoms with Gasteiger partial charge in [0.15, 0.2) is 0 Å². The van der Waals surface area contributed by atoms with Crippen LogP contribution in [0.5, 0.6) is 0 Å². The monoisotopic (exact) mass is 206 g/mol. The minimum absolute atomic E-state index is 0.437. The standard InChI is InChI=1S/C5H4BrClN2/c6-1-4-2-8-3-5(7)9-4/h2-3H,1H2. The van der Waals surface area contributed by atoms with Crippen molar-refractivity contribution in [3.63, 3.8) is 0 Å². The molecule has 0 atom stereocenters. The molecule has 0 unspecified atom stereocenters. The second kappa shape index (κ2) is 3.13. The average Bonchev–Trinajstić information content (AvgIpc) is 1.88. The summed E-state index contributed by atoms with van der Waals surface area (Å²) in [4.78, 5) is 7.78. The maximum absolute atomic E-state index is 5.53. The van der Waals surface area contributed by atoms with Crippen LogP contribution in [0.2, 0.25) is 5.15 Å². The third-order valence-electron chi connectivity index (χ3n) is 0.792. The van der Waals surface area contributed by atoms with E-state index in [1.165, 1.54) is 6.20 Å². The number of rotatable bonds is 1. The van der Waals surface area contributed by atoms with Gasteiger partial charge in [-0.2, -0.15) is 0 Å². The van der Waals surface area contributed by atoms with Gasteiger partial charge in [-0.15, -0.1) is 0 Å². The van der Waals surface area contributed by atoms with E-state index in [4.69, 9.17) is 11.6 Å². The van der Waals surface area contributed by atoms with Crippen molar-refractivity contribution in [3.8, 4) is 0 Å². The predicted octanol–water partition coefficient (Wildman–Crippen LogP) is 2.02. The fourth-order valence-electron chi connectivity index (χ4n) is 0.444. The number of hydrogen-bond donors (Lipinski definition) is 0. The van der Waals surface area contributed by atoms with Crippen LogP contribution in [-0.4, -0.2) is 9.97 Å². The zero-order valence-electron chi connectivity index (χ0n) is 4.51. The largest absolute Gasteiger partial charge is 0.260 e. The summed E-state index contributed by atoms with van der Waals surface area (Å²) in [6.45, 7) is 0. The second-order valence-corrected chi connectivity index (χ2v) is 2.41. The minimum atomic E-state index is 0.437. The van der Waals surface area contributed by atoms with E-state index in [2.05, 4.69) is 25.9 Å². The van der Waals surface area contributed by atoms with Crippen molar-refractivity contribution >= 4 is 27.5 Å². The summed E-state index contributed by atoms with van der Waals surface area (Å²) in [6, 6.07) is 0. The molecule has 0 saturated heterocycles. The van der Waals surface area contributed by atoms with Crippen molar-refractivity contribution in [2.45, 2.75) is 5.33 Å². The van der Waals surface area contributed by atoms with Crippen LogP contribution >= 0.6 is 27.5 Å². The van der Waals surface area contributed by atoms with Crippen molar-refractivity contribution in [2.24, 2.45) is 0 Å². The van der Waals surface area contributed by atoms with Gasteiger partial charge in [-0.1, -0.05) is 27.5 Å². The first kappa shape index (κ1) is 6.96. The molecule has 0 saturated carbocycles. The number of alkyl halides is 1. The molecular weight excluding hydrogens is 203 g/mol. The Morgan fingerprint density at radius 2 is 2.33 bits per heavy atom. The lowest BCUT2D eigenvalue weighted by Gasteiger charge is -1.91. The zero-order chi connectivity index (χ0) is 6.69. The van der Waals surface area contributed by atoms with Gasteiger partial charge in [-0.3, -0.25) is 4.98 Å². The van der Waals surface area contributed by atoms with Crippen LogP contribution < -0.4 is 0 Å². The van der Waals surface area contributed by atoms with E-state index in [1.807, 2.05) is 0 Å². The highest BCUT2D eigenvalue weighted by atomic mass is 79.9. The second-order valence-electron chi connectivity index (χ2n) is 1.47. The van der Waals surface area contributed by atoms with E-state index in [9.17, 15) is 0 Å². The van der Waals surface area contributed by atoms with Gasteiger partial charge in [-0.25, -0.2) is 4.98 Å². The lowest BCUT2D eigenvalue weighted by Crippen LogP contribution is -1.85. The molecule has 0 N–H and O–H groups in total. The van der Waals surface area contributed by atoms with Crippen LogP contribution in [0.3, 0.4) is 0 Å². The molecule has 9 heavy (non-hydrogen) atoms. The molecule has 1 rings (SSSR count). The predicted molar refractivity (Wildman–Crippen MR) is 39.7 cm³/mol. The molecule has 0 radical (unpaired) electrons. The van der Waals surface area contributed by atoms with Gasteiger partial charge in [0, 0.05) is 11.5 Å². The third kappa shape index (κ3) is 1.91. The molecule has 0 aromatic carbocycles. The molecule has 1 heterocycles. The maximum atomic E-state index is 5.53. The van der Waals surface area contributed by atoms with Crippen molar-refractivity contribution in [1.82, 2.24) is 9.97 Å². The van der Waals surface area contributed by atoms with Gasteiger partial charge < -0.3 is 0 Å². The molecule has 2 nitrogen and oxygen atoms in total. The molecule has 1 aromatic rings. The Bertz CT molecular complexity index is 204. The molecule has 0 amide bonds. The van der Waals surface area contributed by atoms with Gasteiger partial charge in [0.25, 0.3) is 0 Å². The Balaban J connectivity index is 2.94. The van der Waals surface area contributed by atoms with Crippen molar-refractivity contribution in [3.05, 3.63) is 23.2 Å². The summed E-state index contributed by atoms with van der Waals surface area (Å²) >= 11 is 8.76. The normalized spacial score (nSPS) is 9.56. The maximum Gasteiger partial charge on any atom is 0.147 e. The van der Waals surface area contributed by atoms with Crippen LogP contribution in [0.15, 0.2) is 12.4 Å². The van der Waals surface area contributed by atoms with Gasteiger partial charge >= 0.3 is 0 Å². The van der Waals surface area contributed by atoms with Crippen LogP contribution in [-0.2, 0) is 5.33 Å². The number of hydrogen-bond acceptors (Lipinski definition) is 2. The van der Waals surface area contributed by atoms with Crippen molar-refractivity contribution in [2.75, 3.05) is 0 Å². The summed E-state index contributed by atoms with van der Waals surface area (Å²) in [5, 5.41) is 1.13. The molecule has 4 heteroatoms. The first-order chi connectivity index (χ1) is 4.33. The average molecular weight is 207 g/mol. The topological polar surface area (TPSA) is 25.8 Å². The molecule has 0 spiro atoms. The van der Waals surface area contributed by atoms with E-state index in [0.29, 0.717) is 10.5 Å². The highest BCUT2D eigenvalue weighted by molar-refractivity contribution is 9.08. The van der Waals surface area contributed by atoms with E-state index in [1.54, 1.807) is 6.20 Å². The lowest BCUT2D eigenvalue weighted by molar-refractivity contribution is 1.11. The SMILES string of the molecule is Clc1cncc(CBr)n1. The summed E-state index contributed by atoms with van der Waals surface area (Å²) < 4.78 is 0. The molecule has 48 valence electrons. The summed E-state index contributed by atoms with van der Waals surface area (Å²) in [5.41, 5.74) is 0.850. The zero-order valence-corrected chi connectivity index (χ0v) is 6.85. The Kier molecular flexibility index (Phi) is 2.42. The summed E-state index contributed by atoms with van der Waals surface area (Å²) in [5.74, 6) is 0. The number of halogens is 2. The first-order valence-electron chi connectivity index (χ1n) is 2.35. The van der Waals surface area contributed by atoms with Crippen molar-refractivity contribution < 1.29 is 0 Å². The van der Waals surface area contributed by atoms with Gasteiger partial charge in [-0.05, 0) is 0 Å². The van der Waals surface area contributed by atoms with Crippen LogP contribution in [0, 0.1) is 0 Å². The van der Waals surface area contributed by atoms with E-state index >= 15 is 0 Å². The quantitative estimate of drug-likeness (QED) is 0.659. The molecule has 0 aliphatic rings. The van der Waals surface area contributed by atoms with Gasteiger partial charge in [0.05, 0.1) is 11.9 Å². The summed E-state index contributed by atoms with van der Waals surface area (Å²) in [6.07, 6.45) is 3.17. The Morgan fingerprint density at radius 3 is 2.78 bits per heavy atom. The van der Waals surface area contributed by atoms with Gasteiger partial charge in [0.2, 0.25) is 0 Å². The van der Waals surface area contributed by atoms with Crippen LogP contribution in [0.25, 0.3) is 0 Å². The van der Waals surface area contributed by atoms with E-state index in [-0.39, 0.29) is 0 Å². The highest BCUT2D eigenvalue weighted by Gasteiger charge is 1.91. The lowest BCUT2D eigenvalue weighted by atomic mass is 10.5. The molecular formula is C5H4BrClN2. The minimum Gasteiger partial charge on any atom is -0.260 e. The smallest absolute Gasteiger partial charge is 0.147 e. The molecule has 0 fully saturated rings. The van der Waals surface area contributed by atoms with E-state index in [0.717, 1.165) is 5.69 Å². The fourth-order valence-corrected chi connectivity index (χ4v) is 0.879. The number of nitrogens with zero attached hydrogens (tertiary/aromatic N) is 2. The van der Waals surface area contributed by atoms with E-state index < -0.39 is 0 Å². The van der Waals surface area contributed by atoms with Crippen LogP contribution in [0.4, 0.5) is 0 Å².